The van der Waals surface area contributed by atoms with Crippen molar-refractivity contribution >= 4 is 5.91 Å². The Labute approximate surface area is 103 Å². The molecule has 0 bridgehead atoms. The predicted octanol–water partition coefficient (Wildman–Crippen LogP) is 2.07. The van der Waals surface area contributed by atoms with Crippen LogP contribution in [-0.2, 0) is 4.79 Å². The lowest BCUT2D eigenvalue weighted by Crippen LogP contribution is -2.48. The van der Waals surface area contributed by atoms with Gasteiger partial charge in [-0.3, -0.25) is 4.79 Å². The Kier molecular flexibility index (Phi) is 4.70. The molecule has 0 aliphatic carbocycles. The Balaban J connectivity index is 2.79. The van der Waals surface area contributed by atoms with E-state index < -0.39 is 5.54 Å². The van der Waals surface area contributed by atoms with Gasteiger partial charge in [0.15, 0.2) is 0 Å². The van der Waals surface area contributed by atoms with Crippen molar-refractivity contribution in [2.24, 2.45) is 0 Å². The molecule has 1 unspecified atom stereocenters. The van der Waals surface area contributed by atoms with Gasteiger partial charge in [-0.05, 0) is 25.8 Å². The molecule has 1 aromatic rings. The topological polar surface area (TPSA) is 49.3 Å². The molecule has 0 spiro atoms. The second-order valence-electron chi connectivity index (χ2n) is 4.90. The minimum absolute atomic E-state index is 0.0299. The highest BCUT2D eigenvalue weighted by Gasteiger charge is 2.25. The van der Waals surface area contributed by atoms with Crippen LogP contribution in [0.25, 0.3) is 0 Å². The van der Waals surface area contributed by atoms with Crippen LogP contribution in [0.1, 0.15) is 38.7 Å². The summed E-state index contributed by atoms with van der Waals surface area (Å²) < 4.78 is 0. The van der Waals surface area contributed by atoms with E-state index in [1.54, 1.807) is 0 Å². The van der Waals surface area contributed by atoms with E-state index in [9.17, 15) is 4.79 Å². The summed E-state index contributed by atoms with van der Waals surface area (Å²) in [7, 11) is 0. The van der Waals surface area contributed by atoms with E-state index in [1.807, 2.05) is 51.1 Å². The lowest BCUT2D eigenvalue weighted by Gasteiger charge is -2.26. The summed E-state index contributed by atoms with van der Waals surface area (Å²) in [6.07, 6.45) is 0.747. The van der Waals surface area contributed by atoms with E-state index in [1.165, 1.54) is 0 Å². The Bertz CT molecular complexity index is 360. The van der Waals surface area contributed by atoms with Crippen molar-refractivity contribution in [2.75, 3.05) is 6.61 Å². The Morgan fingerprint density at radius 2 is 1.94 bits per heavy atom. The summed E-state index contributed by atoms with van der Waals surface area (Å²) in [5, 5.41) is 12.0. The fourth-order valence-electron chi connectivity index (χ4n) is 1.72. The molecule has 1 rings (SSSR count). The van der Waals surface area contributed by atoms with Gasteiger partial charge in [-0.25, -0.2) is 0 Å². The Morgan fingerprint density at radius 3 is 2.41 bits per heavy atom. The van der Waals surface area contributed by atoms with E-state index in [-0.39, 0.29) is 18.4 Å². The van der Waals surface area contributed by atoms with Crippen molar-refractivity contribution < 1.29 is 9.90 Å². The fraction of sp³-hybridized carbons (Fsp3) is 0.500. The molecule has 2 N–H and O–H groups in total. The fourth-order valence-corrected chi connectivity index (χ4v) is 1.72. The molecule has 0 aliphatic rings. The summed E-state index contributed by atoms with van der Waals surface area (Å²) in [6, 6.07) is 9.72. The number of aliphatic hydroxyl groups is 1. The quantitative estimate of drug-likeness (QED) is 0.820. The number of carbonyl (C=O) groups excluding carboxylic acids is 1. The number of rotatable bonds is 5. The van der Waals surface area contributed by atoms with Crippen LogP contribution in [0.5, 0.6) is 0 Å². The standard InChI is InChI=1S/C14H21NO2/c1-4-12(11-8-6-5-7-9-11)13(17)15-14(2,3)10-16/h5-9,12,16H,4,10H2,1-3H3,(H,15,17). The normalized spacial score (nSPS) is 13.2. The zero-order valence-corrected chi connectivity index (χ0v) is 10.7. The van der Waals surface area contributed by atoms with Crippen molar-refractivity contribution in [1.29, 1.82) is 0 Å². The average Bonchev–Trinajstić information content (AvgIpc) is 2.31. The van der Waals surface area contributed by atoms with Gasteiger partial charge in [0.25, 0.3) is 0 Å². The first-order valence-electron chi connectivity index (χ1n) is 5.98. The highest BCUT2D eigenvalue weighted by Crippen LogP contribution is 2.20. The molecule has 1 atom stereocenters. The lowest BCUT2D eigenvalue weighted by atomic mass is 9.94. The number of amides is 1. The number of nitrogens with one attached hydrogen (secondary N) is 1. The van der Waals surface area contributed by atoms with E-state index in [2.05, 4.69) is 5.32 Å². The first-order valence-corrected chi connectivity index (χ1v) is 5.98. The molecule has 0 aliphatic heterocycles. The number of carbonyl (C=O) groups is 1. The Morgan fingerprint density at radius 1 is 1.35 bits per heavy atom. The Hall–Kier alpha value is -1.35. The monoisotopic (exact) mass is 235 g/mol. The summed E-state index contributed by atoms with van der Waals surface area (Å²) in [4.78, 5) is 12.1. The molecule has 0 saturated carbocycles. The highest BCUT2D eigenvalue weighted by atomic mass is 16.3. The smallest absolute Gasteiger partial charge is 0.228 e. The molecule has 0 radical (unpaired) electrons. The third kappa shape index (κ3) is 3.86. The second kappa shape index (κ2) is 5.82. The highest BCUT2D eigenvalue weighted by molar-refractivity contribution is 5.84. The van der Waals surface area contributed by atoms with Gasteiger partial charge in [0.1, 0.15) is 0 Å². The average molecular weight is 235 g/mol. The number of hydrogen-bond donors (Lipinski definition) is 2. The van der Waals surface area contributed by atoms with E-state index >= 15 is 0 Å². The molecule has 3 nitrogen and oxygen atoms in total. The maximum absolute atomic E-state index is 12.1. The van der Waals surface area contributed by atoms with Gasteiger partial charge in [0.2, 0.25) is 5.91 Å². The molecular formula is C14H21NO2. The number of hydrogen-bond acceptors (Lipinski definition) is 2. The molecule has 1 amide bonds. The van der Waals surface area contributed by atoms with Crippen molar-refractivity contribution in [3.63, 3.8) is 0 Å². The van der Waals surface area contributed by atoms with E-state index in [0.717, 1.165) is 12.0 Å². The first kappa shape index (κ1) is 13.7. The van der Waals surface area contributed by atoms with Gasteiger partial charge in [0.05, 0.1) is 18.1 Å². The van der Waals surface area contributed by atoms with Crippen molar-refractivity contribution in [2.45, 2.75) is 38.6 Å². The summed E-state index contributed by atoms with van der Waals surface area (Å²) in [5.74, 6) is -0.181. The van der Waals surface area contributed by atoms with Gasteiger partial charge < -0.3 is 10.4 Å². The van der Waals surface area contributed by atoms with Gasteiger partial charge in [-0.15, -0.1) is 0 Å². The van der Waals surface area contributed by atoms with Gasteiger partial charge in [-0.1, -0.05) is 37.3 Å². The minimum Gasteiger partial charge on any atom is -0.394 e. The third-order valence-corrected chi connectivity index (χ3v) is 2.78. The first-order chi connectivity index (χ1) is 8.00. The van der Waals surface area contributed by atoms with Gasteiger partial charge >= 0.3 is 0 Å². The third-order valence-electron chi connectivity index (χ3n) is 2.78. The molecular weight excluding hydrogens is 214 g/mol. The zero-order chi connectivity index (χ0) is 12.9. The number of aliphatic hydroxyl groups excluding tert-OH is 1. The van der Waals surface area contributed by atoms with E-state index in [4.69, 9.17) is 5.11 Å². The molecule has 0 fully saturated rings. The molecule has 1 aromatic carbocycles. The summed E-state index contributed by atoms with van der Waals surface area (Å²) in [5.41, 5.74) is 0.445. The van der Waals surface area contributed by atoms with Crippen molar-refractivity contribution in [3.8, 4) is 0 Å². The molecule has 0 saturated heterocycles. The predicted molar refractivity (Wildman–Crippen MR) is 68.8 cm³/mol. The zero-order valence-electron chi connectivity index (χ0n) is 10.7. The van der Waals surface area contributed by atoms with Gasteiger partial charge in [0, 0.05) is 0 Å². The van der Waals surface area contributed by atoms with Crippen LogP contribution in [0.2, 0.25) is 0 Å². The van der Waals surface area contributed by atoms with Gasteiger partial charge in [-0.2, -0.15) is 0 Å². The van der Waals surface area contributed by atoms with Crippen LogP contribution < -0.4 is 5.32 Å². The minimum atomic E-state index is -0.570. The van der Waals surface area contributed by atoms with E-state index in [0.29, 0.717) is 0 Å². The maximum Gasteiger partial charge on any atom is 0.228 e. The van der Waals surface area contributed by atoms with Crippen LogP contribution in [0, 0.1) is 0 Å². The lowest BCUT2D eigenvalue weighted by molar-refractivity contribution is -0.124. The molecule has 0 aromatic heterocycles. The van der Waals surface area contributed by atoms with Crippen LogP contribution in [0.15, 0.2) is 30.3 Å². The molecule has 3 heteroatoms. The largest absolute Gasteiger partial charge is 0.394 e. The van der Waals surface area contributed by atoms with Crippen LogP contribution in [0.3, 0.4) is 0 Å². The molecule has 94 valence electrons. The second-order valence-corrected chi connectivity index (χ2v) is 4.90. The molecule has 17 heavy (non-hydrogen) atoms. The summed E-state index contributed by atoms with van der Waals surface area (Å²) in [6.45, 7) is 5.54. The van der Waals surface area contributed by atoms with Crippen molar-refractivity contribution in [3.05, 3.63) is 35.9 Å². The van der Waals surface area contributed by atoms with Crippen LogP contribution in [-0.4, -0.2) is 23.2 Å². The van der Waals surface area contributed by atoms with Crippen LogP contribution in [0.4, 0.5) is 0 Å². The number of benzene rings is 1. The van der Waals surface area contributed by atoms with Crippen LogP contribution >= 0.6 is 0 Å². The summed E-state index contributed by atoms with van der Waals surface area (Å²) >= 11 is 0. The van der Waals surface area contributed by atoms with Crippen molar-refractivity contribution in [1.82, 2.24) is 5.32 Å². The maximum atomic E-state index is 12.1. The SMILES string of the molecule is CCC(C(=O)NC(C)(C)CO)c1ccccc1. The molecule has 0 heterocycles.